The summed E-state index contributed by atoms with van der Waals surface area (Å²) in [5, 5.41) is 21.9. The van der Waals surface area contributed by atoms with E-state index in [1.54, 1.807) is 170 Å². The second-order valence-corrected chi connectivity index (χ2v) is 24.9. The smallest absolute Gasteiger partial charge is 0.270 e. The molecule has 16 heteroatoms. The van der Waals surface area contributed by atoms with Crippen LogP contribution in [-0.2, 0) is 16.2 Å². The van der Waals surface area contributed by atoms with Crippen molar-refractivity contribution in [1.82, 2.24) is 0 Å². The van der Waals surface area contributed by atoms with Crippen molar-refractivity contribution in [3.8, 4) is 104 Å². The Morgan fingerprint density at radius 1 is 0.340 bits per heavy atom. The Kier molecular flexibility index (Phi) is 17.2. The maximum Gasteiger partial charge on any atom is 0.270 e. The zero-order valence-corrected chi connectivity index (χ0v) is 54.1. The van der Waals surface area contributed by atoms with Crippen molar-refractivity contribution < 1.29 is 57.1 Å². The average molecular weight is 1280 g/mol. The number of hydrogen-bond donors (Lipinski definition) is 0. The third-order valence-electron chi connectivity index (χ3n) is 17.3. The highest BCUT2D eigenvalue weighted by Crippen LogP contribution is 2.66. The van der Waals surface area contributed by atoms with Crippen LogP contribution in [0.2, 0.25) is 0 Å². The van der Waals surface area contributed by atoms with Crippen molar-refractivity contribution in [3.63, 3.8) is 0 Å². The van der Waals surface area contributed by atoms with E-state index in [2.05, 4.69) is 49.5 Å². The van der Waals surface area contributed by atoms with E-state index in [0.29, 0.717) is 58.1 Å². The predicted octanol–water partition coefficient (Wildman–Crippen LogP) is 21.3. The topological polar surface area (TPSA) is 198 Å². The molecule has 10 aromatic rings. The van der Waals surface area contributed by atoms with Crippen molar-refractivity contribution in [1.29, 1.82) is 10.5 Å². The molecule has 12 rings (SSSR count). The zero-order chi connectivity index (χ0) is 68.5. The summed E-state index contributed by atoms with van der Waals surface area (Å²) in [6, 6.07) is 58.5. The van der Waals surface area contributed by atoms with Crippen LogP contribution in [0.1, 0.15) is 143 Å². The van der Waals surface area contributed by atoms with Gasteiger partial charge in [-0.05, 0) is 243 Å². The maximum absolute atomic E-state index is 12.2. The highest BCUT2D eigenvalue weighted by molar-refractivity contribution is 5.96. The van der Waals surface area contributed by atoms with Crippen molar-refractivity contribution in [2.24, 2.45) is 0 Å². The van der Waals surface area contributed by atoms with Gasteiger partial charge in [-0.2, -0.15) is 10.5 Å². The van der Waals surface area contributed by atoms with Gasteiger partial charge in [0.1, 0.15) is 92.3 Å². The minimum atomic E-state index is -0.837. The molecule has 1 unspecified atom stereocenters. The van der Waals surface area contributed by atoms with Gasteiger partial charge >= 0.3 is 0 Å². The van der Waals surface area contributed by atoms with Crippen LogP contribution in [0.25, 0.3) is 9.69 Å². The van der Waals surface area contributed by atoms with E-state index in [0.717, 1.165) is 22.3 Å². The first-order chi connectivity index (χ1) is 46.6. The van der Waals surface area contributed by atoms with Crippen molar-refractivity contribution in [3.05, 3.63) is 273 Å². The molecule has 0 saturated carbocycles. The number of benzene rings is 10. The molecule has 0 amide bonds. The molecule has 0 radical (unpaired) electrons. The molecule has 0 saturated heterocycles. The summed E-state index contributed by atoms with van der Waals surface area (Å²) >= 11 is 0. The Labute approximate surface area is 560 Å². The monoisotopic (exact) mass is 1280 g/mol. The first-order valence-electron chi connectivity index (χ1n) is 30.9. The summed E-state index contributed by atoms with van der Waals surface area (Å²) in [7, 11) is 0. The summed E-state index contributed by atoms with van der Waals surface area (Å²) in [5.41, 5.74) is 3.60. The molecular formula is C81H60N4O12. The maximum atomic E-state index is 12.2. The van der Waals surface area contributed by atoms with E-state index in [9.17, 15) is 29.7 Å². The SMILES string of the molecule is [C-]#[N+]c1c(Oc2ccc(C(C)=O)cc2)cccc1Oc1cc2c(cc1Oc1cccc(Oc3ccc(C(C)=O)cc3)c1[N+]#[C-])C1(CC(C)(C)c3cc(Oc4cccc(Oc5ccc(C(C)=O)cc5)c4C#N)c(Oc4cccc(Oc5ccc(C(C)=O)cc5)c4C#N)cc31)CC2(C)C. The van der Waals surface area contributed by atoms with E-state index in [1.807, 2.05) is 24.3 Å². The lowest BCUT2D eigenvalue weighted by Crippen LogP contribution is -2.27. The first kappa shape index (κ1) is 64.3. The molecule has 10 aromatic carbocycles. The van der Waals surface area contributed by atoms with Gasteiger partial charge in [-0.3, -0.25) is 19.2 Å². The number of carbonyl (C=O) groups excluding carboxylic acids is 4. The highest BCUT2D eigenvalue weighted by Gasteiger charge is 2.57. The summed E-state index contributed by atoms with van der Waals surface area (Å²) in [6.07, 6.45) is 1.07. The van der Waals surface area contributed by atoms with Gasteiger partial charge in [0.2, 0.25) is 0 Å². The Hall–Kier alpha value is -12.8. The second-order valence-electron chi connectivity index (χ2n) is 24.9. The summed E-state index contributed by atoms with van der Waals surface area (Å²) in [5.74, 6) is 3.05. The standard InChI is InChI=1S/C81H60N4O12/c1-47(86)51-23-31-55(32-24-51)90-65-15-11-17-67(59(65)43-82)94-73-39-61-63(41-75(73)95-68-18-12-16-66(60(68)44-83)91-56-33-25-52(26-34-56)48(2)87)81(45-79(61,5)6)46-80(7,8)62-40-74(96-71-21-13-19-69(77(71)84-9)92-57-35-27-53(28-36-57)49(3)88)76(42-64(62)81)97-72-22-14-20-70(78(72)85-10)93-58-37-29-54(30-38-58)50(4)89/h11-42H,45-46H2,1-8H3. The number of carbonyl (C=O) groups is 4. The highest BCUT2D eigenvalue weighted by atomic mass is 16.5. The van der Waals surface area contributed by atoms with Gasteiger partial charge in [0.05, 0.1) is 13.1 Å². The van der Waals surface area contributed by atoms with E-state index in [4.69, 9.17) is 51.0 Å². The van der Waals surface area contributed by atoms with Gasteiger partial charge in [0.25, 0.3) is 11.4 Å². The van der Waals surface area contributed by atoms with Crippen LogP contribution < -0.4 is 37.9 Å². The van der Waals surface area contributed by atoms with Crippen LogP contribution in [0.5, 0.6) is 92.0 Å². The van der Waals surface area contributed by atoms with Crippen LogP contribution in [-0.4, -0.2) is 23.1 Å². The molecule has 0 heterocycles. The number of nitriles is 2. The zero-order valence-electron chi connectivity index (χ0n) is 54.1. The molecule has 1 atom stereocenters. The molecule has 0 aromatic heterocycles. The summed E-state index contributed by atoms with van der Waals surface area (Å²) in [6.45, 7) is 31.5. The Balaban J connectivity index is 1.02. The molecule has 1 spiro atoms. The number of ketones is 4. The number of rotatable bonds is 20. The molecule has 16 nitrogen and oxygen atoms in total. The van der Waals surface area contributed by atoms with Gasteiger partial charge in [0, 0.05) is 27.7 Å². The van der Waals surface area contributed by atoms with Crippen LogP contribution in [0.4, 0.5) is 11.4 Å². The number of para-hydroxylation sites is 2. The first-order valence-corrected chi connectivity index (χ1v) is 30.9. The predicted molar refractivity (Wildman–Crippen MR) is 363 cm³/mol. The molecule has 2 aliphatic carbocycles. The molecule has 0 N–H and O–H groups in total. The number of ether oxygens (including phenoxy) is 8. The molecule has 2 aliphatic rings. The van der Waals surface area contributed by atoms with E-state index in [-0.39, 0.29) is 115 Å². The van der Waals surface area contributed by atoms with Gasteiger partial charge in [-0.15, -0.1) is 0 Å². The van der Waals surface area contributed by atoms with Crippen molar-refractivity contribution in [2.45, 2.75) is 84.5 Å². The molecule has 476 valence electrons. The van der Waals surface area contributed by atoms with Gasteiger partial charge in [-0.25, -0.2) is 9.69 Å². The van der Waals surface area contributed by atoms with E-state index in [1.165, 1.54) is 27.7 Å². The van der Waals surface area contributed by atoms with E-state index >= 15 is 0 Å². The average Bonchev–Trinajstić information content (AvgIpc) is 1.52. The summed E-state index contributed by atoms with van der Waals surface area (Å²) < 4.78 is 53.0. The lowest BCUT2D eigenvalue weighted by molar-refractivity contribution is 0.100. The second kappa shape index (κ2) is 26.0. The molecule has 0 aliphatic heterocycles. The minimum absolute atomic E-state index is 0.0337. The normalized spacial score (nSPS) is 14.2. The Morgan fingerprint density at radius 2 is 0.567 bits per heavy atom. The van der Waals surface area contributed by atoms with Gasteiger partial charge in [-0.1, -0.05) is 52.0 Å². The summed E-state index contributed by atoms with van der Waals surface area (Å²) in [4.78, 5) is 56.5. The van der Waals surface area contributed by atoms with Crippen molar-refractivity contribution in [2.75, 3.05) is 0 Å². The fourth-order valence-electron chi connectivity index (χ4n) is 12.8. The number of fused-ring (bicyclic) bond motifs is 4. The fourth-order valence-corrected chi connectivity index (χ4v) is 12.8. The molecule has 0 fully saturated rings. The Morgan fingerprint density at radius 3 is 0.825 bits per heavy atom. The Bertz CT molecular complexity index is 4730. The van der Waals surface area contributed by atoms with Crippen LogP contribution in [0.15, 0.2) is 194 Å². The number of nitrogens with zero attached hydrogens (tertiary/aromatic N) is 4. The fraction of sp³-hybridized carbons (Fsp3) is 0.160. The largest absolute Gasteiger partial charge is 0.468 e. The minimum Gasteiger partial charge on any atom is -0.468 e. The van der Waals surface area contributed by atoms with Gasteiger partial charge in [0.15, 0.2) is 46.1 Å². The molecular weight excluding hydrogens is 1220 g/mol. The molecule has 0 bridgehead atoms. The van der Waals surface area contributed by atoms with Crippen molar-refractivity contribution >= 4 is 34.5 Å². The van der Waals surface area contributed by atoms with Gasteiger partial charge < -0.3 is 37.9 Å². The van der Waals surface area contributed by atoms with E-state index < -0.39 is 16.2 Å². The number of hydrogen-bond acceptors (Lipinski definition) is 14. The van der Waals surface area contributed by atoms with Crippen LogP contribution in [0, 0.1) is 35.8 Å². The van der Waals surface area contributed by atoms with Crippen LogP contribution in [0.3, 0.4) is 0 Å². The lowest BCUT2D eigenvalue weighted by atomic mass is 9.72. The van der Waals surface area contributed by atoms with Crippen LogP contribution >= 0.6 is 0 Å². The quantitative estimate of drug-likeness (QED) is 0.0516. The third kappa shape index (κ3) is 12.8. The lowest BCUT2D eigenvalue weighted by Gasteiger charge is -2.31. The molecule has 97 heavy (non-hydrogen) atoms. The third-order valence-corrected chi connectivity index (χ3v) is 17.3. The number of Topliss-reactive ketones (excluding diaryl/α,β-unsaturated/α-hetero) is 4.